The first-order valence-corrected chi connectivity index (χ1v) is 8.93. The molecule has 0 saturated heterocycles. The van der Waals surface area contributed by atoms with Crippen LogP contribution >= 0.6 is 0 Å². The van der Waals surface area contributed by atoms with E-state index in [-0.39, 0.29) is 18.0 Å². The topological polar surface area (TPSA) is 55.8 Å². The van der Waals surface area contributed by atoms with Gasteiger partial charge in [0.25, 0.3) is 0 Å². The van der Waals surface area contributed by atoms with Gasteiger partial charge in [-0.25, -0.2) is 17.2 Å². The second kappa shape index (κ2) is 7.79. The van der Waals surface area contributed by atoms with Crippen LogP contribution in [0.5, 0.6) is 11.5 Å². The maximum absolute atomic E-state index is 13.4. The van der Waals surface area contributed by atoms with Gasteiger partial charge in [0.2, 0.25) is 10.0 Å². The van der Waals surface area contributed by atoms with Gasteiger partial charge in [0.15, 0.2) is 23.1 Å². The smallest absolute Gasteiger partial charge is 0.243 e. The fourth-order valence-corrected chi connectivity index (χ4v) is 3.79. The molecule has 2 aromatic carbocycles. The molecule has 0 aliphatic rings. The van der Waals surface area contributed by atoms with Gasteiger partial charge in [-0.3, -0.25) is 0 Å². The number of sulfonamides is 1. The van der Waals surface area contributed by atoms with Crippen molar-refractivity contribution in [3.05, 3.63) is 53.6 Å². The summed E-state index contributed by atoms with van der Waals surface area (Å²) in [5.74, 6) is -1.30. The van der Waals surface area contributed by atoms with Crippen molar-refractivity contribution in [2.75, 3.05) is 20.8 Å². The van der Waals surface area contributed by atoms with Crippen LogP contribution in [0.2, 0.25) is 0 Å². The molecule has 0 aliphatic carbocycles. The van der Waals surface area contributed by atoms with Crippen molar-refractivity contribution in [2.45, 2.75) is 18.4 Å². The molecule has 0 unspecified atom stereocenters. The van der Waals surface area contributed by atoms with Crippen LogP contribution in [0.25, 0.3) is 0 Å². The Hall–Kier alpha value is -2.19. The normalized spacial score (nSPS) is 11.6. The van der Waals surface area contributed by atoms with Crippen molar-refractivity contribution in [1.29, 1.82) is 0 Å². The summed E-state index contributed by atoms with van der Waals surface area (Å²) >= 11 is 0. The Kier molecular flexibility index (Phi) is 5.97. The molecule has 0 saturated carbocycles. The molecule has 0 bridgehead atoms. The molecule has 0 heterocycles. The molecule has 136 valence electrons. The van der Waals surface area contributed by atoms with Gasteiger partial charge < -0.3 is 9.47 Å². The molecule has 0 aliphatic heterocycles. The Bertz CT molecular complexity index is 856. The molecule has 2 rings (SSSR count). The van der Waals surface area contributed by atoms with Crippen molar-refractivity contribution in [2.24, 2.45) is 0 Å². The minimum Gasteiger partial charge on any atom is -0.493 e. The van der Waals surface area contributed by atoms with Gasteiger partial charge in [-0.15, -0.1) is 0 Å². The van der Waals surface area contributed by atoms with Gasteiger partial charge in [0, 0.05) is 13.1 Å². The second-order valence-electron chi connectivity index (χ2n) is 5.20. The maximum Gasteiger partial charge on any atom is 0.243 e. The third-order valence-electron chi connectivity index (χ3n) is 3.69. The Balaban J connectivity index is 2.34. The summed E-state index contributed by atoms with van der Waals surface area (Å²) in [7, 11) is -0.982. The van der Waals surface area contributed by atoms with Crippen molar-refractivity contribution >= 4 is 10.0 Å². The molecule has 5 nitrogen and oxygen atoms in total. The van der Waals surface area contributed by atoms with Crippen LogP contribution in [-0.2, 0) is 16.6 Å². The van der Waals surface area contributed by atoms with E-state index in [1.165, 1.54) is 18.5 Å². The first-order valence-electron chi connectivity index (χ1n) is 7.49. The van der Waals surface area contributed by atoms with E-state index in [4.69, 9.17) is 9.47 Å². The maximum atomic E-state index is 13.4. The third kappa shape index (κ3) is 4.08. The molecular weight excluding hydrogens is 352 g/mol. The Morgan fingerprint density at radius 2 is 1.64 bits per heavy atom. The highest BCUT2D eigenvalue weighted by Crippen LogP contribution is 2.29. The molecule has 2 aromatic rings. The van der Waals surface area contributed by atoms with Crippen molar-refractivity contribution in [3.8, 4) is 11.5 Å². The molecule has 0 N–H and O–H groups in total. The lowest BCUT2D eigenvalue weighted by molar-refractivity contribution is 0.353. The minimum absolute atomic E-state index is 0.0538. The fourth-order valence-electron chi connectivity index (χ4n) is 2.34. The molecule has 0 aromatic heterocycles. The number of rotatable bonds is 7. The summed E-state index contributed by atoms with van der Waals surface area (Å²) in [6.07, 6.45) is 0. The lowest BCUT2D eigenvalue weighted by Gasteiger charge is -2.21. The van der Waals surface area contributed by atoms with E-state index in [2.05, 4.69) is 0 Å². The standard InChI is InChI=1S/C17H19F2NO4S/c1-4-20(11-12-5-8-16(23-2)17(9-12)24-3)25(21,22)13-6-7-14(18)15(19)10-13/h5-10H,4,11H2,1-3H3. The zero-order chi connectivity index (χ0) is 18.6. The highest BCUT2D eigenvalue weighted by atomic mass is 32.2. The Morgan fingerprint density at radius 1 is 0.960 bits per heavy atom. The largest absolute Gasteiger partial charge is 0.493 e. The summed E-state index contributed by atoms with van der Waals surface area (Å²) in [5.41, 5.74) is 0.672. The summed E-state index contributed by atoms with van der Waals surface area (Å²) < 4.78 is 63.4. The van der Waals surface area contributed by atoms with Crippen LogP contribution < -0.4 is 9.47 Å². The number of ether oxygens (including phenoxy) is 2. The molecule has 0 fully saturated rings. The van der Waals surface area contributed by atoms with Gasteiger partial charge in [0.05, 0.1) is 19.1 Å². The highest BCUT2D eigenvalue weighted by Gasteiger charge is 2.24. The molecule has 0 amide bonds. The Labute approximate surface area is 145 Å². The van der Waals surface area contributed by atoms with Crippen molar-refractivity contribution < 1.29 is 26.7 Å². The number of hydrogen-bond donors (Lipinski definition) is 0. The predicted octanol–water partition coefficient (Wildman–Crippen LogP) is 3.19. The van der Waals surface area contributed by atoms with Crippen LogP contribution in [0.4, 0.5) is 8.78 Å². The zero-order valence-electron chi connectivity index (χ0n) is 14.1. The Morgan fingerprint density at radius 3 is 2.20 bits per heavy atom. The molecule has 8 heteroatoms. The van der Waals surface area contributed by atoms with Gasteiger partial charge in [-0.1, -0.05) is 13.0 Å². The summed E-state index contributed by atoms with van der Waals surface area (Å²) in [6.45, 7) is 1.88. The van der Waals surface area contributed by atoms with Gasteiger partial charge >= 0.3 is 0 Å². The van der Waals surface area contributed by atoms with Crippen LogP contribution in [0.15, 0.2) is 41.3 Å². The second-order valence-corrected chi connectivity index (χ2v) is 7.13. The number of methoxy groups -OCH3 is 2. The highest BCUT2D eigenvalue weighted by molar-refractivity contribution is 7.89. The average Bonchev–Trinajstić information content (AvgIpc) is 2.61. The van der Waals surface area contributed by atoms with E-state index < -0.39 is 21.7 Å². The minimum atomic E-state index is -3.97. The van der Waals surface area contributed by atoms with E-state index in [1.807, 2.05) is 0 Å². The van der Waals surface area contributed by atoms with Crippen LogP contribution in [-0.4, -0.2) is 33.5 Å². The van der Waals surface area contributed by atoms with Gasteiger partial charge in [-0.05, 0) is 35.9 Å². The molecule has 0 atom stereocenters. The molecule has 0 radical (unpaired) electrons. The van der Waals surface area contributed by atoms with Crippen LogP contribution in [0.1, 0.15) is 12.5 Å². The first kappa shape index (κ1) is 19.1. The molecular formula is C17H19F2NO4S. The summed E-state index contributed by atoms with van der Waals surface area (Å²) in [6, 6.07) is 7.58. The number of benzene rings is 2. The van der Waals surface area contributed by atoms with Gasteiger partial charge in [-0.2, -0.15) is 4.31 Å². The lowest BCUT2D eigenvalue weighted by atomic mass is 10.2. The van der Waals surface area contributed by atoms with E-state index >= 15 is 0 Å². The molecule has 25 heavy (non-hydrogen) atoms. The first-order chi connectivity index (χ1) is 11.8. The molecule has 0 spiro atoms. The number of nitrogens with zero attached hydrogens (tertiary/aromatic N) is 1. The monoisotopic (exact) mass is 371 g/mol. The van der Waals surface area contributed by atoms with E-state index in [0.717, 1.165) is 12.1 Å². The van der Waals surface area contributed by atoms with Crippen molar-refractivity contribution in [3.63, 3.8) is 0 Å². The van der Waals surface area contributed by atoms with E-state index in [1.54, 1.807) is 25.1 Å². The lowest BCUT2D eigenvalue weighted by Crippen LogP contribution is -2.30. The fraction of sp³-hybridized carbons (Fsp3) is 0.294. The van der Waals surface area contributed by atoms with E-state index in [0.29, 0.717) is 23.1 Å². The summed E-state index contributed by atoms with van der Waals surface area (Å²) in [5, 5.41) is 0. The van der Waals surface area contributed by atoms with Crippen LogP contribution in [0, 0.1) is 11.6 Å². The number of halogens is 2. The number of hydrogen-bond acceptors (Lipinski definition) is 4. The third-order valence-corrected chi connectivity index (χ3v) is 5.61. The van der Waals surface area contributed by atoms with E-state index in [9.17, 15) is 17.2 Å². The summed E-state index contributed by atoms with van der Waals surface area (Å²) in [4.78, 5) is -0.297. The SMILES string of the molecule is CCN(Cc1ccc(OC)c(OC)c1)S(=O)(=O)c1ccc(F)c(F)c1. The van der Waals surface area contributed by atoms with Crippen LogP contribution in [0.3, 0.4) is 0 Å². The average molecular weight is 371 g/mol. The quantitative estimate of drug-likeness (QED) is 0.750. The predicted molar refractivity (Wildman–Crippen MR) is 89.2 cm³/mol. The van der Waals surface area contributed by atoms with Crippen molar-refractivity contribution in [1.82, 2.24) is 4.31 Å². The zero-order valence-corrected chi connectivity index (χ0v) is 14.9. The van der Waals surface area contributed by atoms with Gasteiger partial charge in [0.1, 0.15) is 0 Å².